The highest BCUT2D eigenvalue weighted by Crippen LogP contribution is 2.75. The molecule has 1 fully saturated rings. The molecular formula is C20H22O3. The number of rotatable bonds is 5. The van der Waals surface area contributed by atoms with Crippen molar-refractivity contribution in [2.75, 3.05) is 0 Å². The number of terminal acetylenes is 2. The minimum atomic E-state index is -1.07. The highest BCUT2D eigenvalue weighted by Gasteiger charge is 2.78. The minimum Gasteiger partial charge on any atom is -0.481 e. The van der Waals surface area contributed by atoms with Gasteiger partial charge in [0.2, 0.25) is 0 Å². The first-order valence-electron chi connectivity index (χ1n) is 7.60. The van der Waals surface area contributed by atoms with Crippen molar-refractivity contribution in [2.45, 2.75) is 40.0 Å². The second-order valence-corrected chi connectivity index (χ2v) is 6.90. The van der Waals surface area contributed by atoms with Crippen LogP contribution >= 0.6 is 0 Å². The number of carboxylic acid groups (broad SMARTS) is 1. The maximum Gasteiger partial charge on any atom is 0.312 e. The van der Waals surface area contributed by atoms with E-state index in [2.05, 4.69) is 11.8 Å². The van der Waals surface area contributed by atoms with Crippen molar-refractivity contribution < 1.29 is 14.3 Å². The van der Waals surface area contributed by atoms with Crippen LogP contribution in [0.5, 0.6) is 0 Å². The number of furan rings is 1. The number of aliphatic carboxylic acids is 1. The predicted octanol–water partition coefficient (Wildman–Crippen LogP) is 3.87. The fourth-order valence-corrected chi connectivity index (χ4v) is 3.78. The number of carboxylic acids is 1. The van der Waals surface area contributed by atoms with Gasteiger partial charge in [0, 0.05) is 5.92 Å². The van der Waals surface area contributed by atoms with Crippen LogP contribution in [0.25, 0.3) is 0 Å². The molecule has 1 aromatic rings. The van der Waals surface area contributed by atoms with E-state index in [0.29, 0.717) is 17.9 Å². The first-order valence-corrected chi connectivity index (χ1v) is 7.60. The van der Waals surface area contributed by atoms with Crippen LogP contribution < -0.4 is 0 Å². The van der Waals surface area contributed by atoms with Crippen LogP contribution in [-0.2, 0) is 11.2 Å². The van der Waals surface area contributed by atoms with Gasteiger partial charge in [-0.05, 0) is 31.4 Å². The summed E-state index contributed by atoms with van der Waals surface area (Å²) in [5.41, 5.74) is -0.439. The van der Waals surface area contributed by atoms with Crippen molar-refractivity contribution in [3.8, 4) is 24.7 Å². The molecule has 0 amide bonds. The molecule has 1 aliphatic carbocycles. The fraction of sp³-hybridized carbons (Fsp3) is 0.450. The summed E-state index contributed by atoms with van der Waals surface area (Å²) in [7, 11) is 0. The van der Waals surface area contributed by atoms with Crippen LogP contribution in [0.3, 0.4) is 0 Å². The van der Waals surface area contributed by atoms with E-state index in [-0.39, 0.29) is 5.92 Å². The maximum absolute atomic E-state index is 12.2. The van der Waals surface area contributed by atoms with Gasteiger partial charge in [-0.2, -0.15) is 0 Å². The van der Waals surface area contributed by atoms with E-state index >= 15 is 0 Å². The highest BCUT2D eigenvalue weighted by atomic mass is 16.4. The monoisotopic (exact) mass is 310 g/mol. The molecule has 0 saturated heterocycles. The Balaban J connectivity index is 2.52. The standard InChI is InChI=1S/C20H22O3/c1-7-9-14-10-11-16(23-14)15(8-2)20(18(21)22)17(12-13(3)4)19(20,5)6/h1-2,10-12,15,17H,9H2,3-6H3,(H,21,22)/t15-,17-,20+/m0/s1. The molecule has 3 nitrogen and oxygen atoms in total. The third-order valence-electron chi connectivity index (χ3n) is 4.97. The van der Waals surface area contributed by atoms with Crippen LogP contribution in [0.2, 0.25) is 0 Å². The zero-order valence-corrected chi connectivity index (χ0v) is 14.0. The molecule has 0 aromatic carbocycles. The summed E-state index contributed by atoms with van der Waals surface area (Å²) in [5, 5.41) is 10.00. The van der Waals surface area contributed by atoms with Crippen molar-refractivity contribution in [1.29, 1.82) is 0 Å². The topological polar surface area (TPSA) is 50.4 Å². The molecule has 0 spiro atoms. The normalized spacial score (nSPS) is 25.7. The number of carbonyl (C=O) groups is 1. The molecule has 23 heavy (non-hydrogen) atoms. The van der Waals surface area contributed by atoms with Gasteiger partial charge in [0.05, 0.1) is 12.3 Å². The van der Waals surface area contributed by atoms with Gasteiger partial charge in [0.1, 0.15) is 16.9 Å². The van der Waals surface area contributed by atoms with Crippen LogP contribution in [0.4, 0.5) is 0 Å². The Morgan fingerprint density at radius 2 is 2.09 bits per heavy atom. The summed E-state index contributed by atoms with van der Waals surface area (Å²) in [6, 6.07) is 3.51. The quantitative estimate of drug-likeness (QED) is 0.663. The molecule has 2 rings (SSSR count). The molecule has 1 saturated carbocycles. The van der Waals surface area contributed by atoms with Gasteiger partial charge in [-0.1, -0.05) is 37.3 Å². The molecule has 0 bridgehead atoms. The molecule has 3 heteroatoms. The lowest BCUT2D eigenvalue weighted by Crippen LogP contribution is -2.28. The largest absolute Gasteiger partial charge is 0.481 e. The fourth-order valence-electron chi connectivity index (χ4n) is 3.78. The van der Waals surface area contributed by atoms with Crippen LogP contribution in [0.15, 0.2) is 28.2 Å². The molecule has 1 heterocycles. The van der Waals surface area contributed by atoms with Gasteiger partial charge in [-0.3, -0.25) is 4.79 Å². The van der Waals surface area contributed by atoms with E-state index < -0.39 is 22.7 Å². The van der Waals surface area contributed by atoms with Gasteiger partial charge in [-0.25, -0.2) is 0 Å². The molecule has 120 valence electrons. The van der Waals surface area contributed by atoms with E-state index in [1.165, 1.54) is 0 Å². The van der Waals surface area contributed by atoms with Crippen molar-refractivity contribution in [2.24, 2.45) is 16.7 Å². The lowest BCUT2D eigenvalue weighted by Gasteiger charge is -2.21. The number of hydrogen-bond donors (Lipinski definition) is 1. The van der Waals surface area contributed by atoms with Crippen molar-refractivity contribution in [3.63, 3.8) is 0 Å². The summed E-state index contributed by atoms with van der Waals surface area (Å²) in [4.78, 5) is 12.2. The number of allylic oxidation sites excluding steroid dienone is 2. The summed E-state index contributed by atoms with van der Waals surface area (Å²) in [6.07, 6.45) is 13.4. The molecule has 0 aliphatic heterocycles. The van der Waals surface area contributed by atoms with Crippen molar-refractivity contribution >= 4 is 5.97 Å². The Morgan fingerprint density at radius 1 is 1.43 bits per heavy atom. The average Bonchev–Trinajstić information content (AvgIpc) is 2.77. The van der Waals surface area contributed by atoms with E-state index in [4.69, 9.17) is 17.3 Å². The minimum absolute atomic E-state index is 0.139. The Kier molecular flexibility index (Phi) is 4.18. The molecule has 1 aliphatic rings. The first-order chi connectivity index (χ1) is 10.7. The molecule has 1 aromatic heterocycles. The van der Waals surface area contributed by atoms with Crippen molar-refractivity contribution in [3.05, 3.63) is 35.3 Å². The smallest absolute Gasteiger partial charge is 0.312 e. The summed E-state index contributed by atoms with van der Waals surface area (Å²) in [5.74, 6) is 4.63. The predicted molar refractivity (Wildman–Crippen MR) is 89.6 cm³/mol. The van der Waals surface area contributed by atoms with Gasteiger partial charge < -0.3 is 9.52 Å². The second-order valence-electron chi connectivity index (χ2n) is 6.90. The van der Waals surface area contributed by atoms with Crippen molar-refractivity contribution in [1.82, 2.24) is 0 Å². The molecule has 0 radical (unpaired) electrons. The van der Waals surface area contributed by atoms with Crippen LogP contribution in [0.1, 0.15) is 45.1 Å². The SMILES string of the molecule is C#CCc1ccc([C@H](C#C)[C@]2(C(=O)O)[C@@H](C=C(C)C)C2(C)C)o1. The molecule has 3 atom stereocenters. The summed E-state index contributed by atoms with van der Waals surface area (Å²) < 4.78 is 5.73. The average molecular weight is 310 g/mol. The van der Waals surface area contributed by atoms with E-state index in [1.807, 2.05) is 33.8 Å². The highest BCUT2D eigenvalue weighted by molar-refractivity contribution is 5.84. The van der Waals surface area contributed by atoms with Gasteiger partial charge in [0.25, 0.3) is 0 Å². The first kappa shape index (κ1) is 17.0. The van der Waals surface area contributed by atoms with Crippen LogP contribution in [0, 0.1) is 41.4 Å². The van der Waals surface area contributed by atoms with Crippen LogP contribution in [-0.4, -0.2) is 11.1 Å². The third kappa shape index (κ3) is 2.37. The Labute approximate surface area is 137 Å². The summed E-state index contributed by atoms with van der Waals surface area (Å²) >= 11 is 0. The van der Waals surface area contributed by atoms with Gasteiger partial charge in [-0.15, -0.1) is 12.8 Å². The second kappa shape index (κ2) is 5.67. The number of hydrogen-bond acceptors (Lipinski definition) is 2. The molecule has 1 N–H and O–H groups in total. The zero-order valence-electron chi connectivity index (χ0n) is 14.0. The van der Waals surface area contributed by atoms with E-state index in [0.717, 1.165) is 5.57 Å². The Bertz CT molecular complexity index is 732. The zero-order chi connectivity index (χ0) is 17.4. The lowest BCUT2D eigenvalue weighted by molar-refractivity contribution is -0.145. The van der Waals surface area contributed by atoms with E-state index in [1.54, 1.807) is 12.1 Å². The maximum atomic E-state index is 12.2. The summed E-state index contributed by atoms with van der Waals surface area (Å²) in [6.45, 7) is 7.81. The third-order valence-corrected chi connectivity index (χ3v) is 4.97. The van der Waals surface area contributed by atoms with Gasteiger partial charge in [0.15, 0.2) is 0 Å². The Morgan fingerprint density at radius 3 is 2.57 bits per heavy atom. The Hall–Kier alpha value is -2.39. The lowest BCUT2D eigenvalue weighted by atomic mass is 9.80. The van der Waals surface area contributed by atoms with Gasteiger partial charge >= 0.3 is 5.97 Å². The van der Waals surface area contributed by atoms with E-state index in [9.17, 15) is 9.90 Å². The molecule has 0 unspecified atom stereocenters. The molecular weight excluding hydrogens is 288 g/mol.